The molecule has 0 amide bonds. The van der Waals surface area contributed by atoms with Gasteiger partial charge < -0.3 is 18.9 Å². The predicted molar refractivity (Wildman–Crippen MR) is 409 cm³/mol. The van der Waals surface area contributed by atoms with E-state index < -0.39 is 0 Å². The van der Waals surface area contributed by atoms with Crippen molar-refractivity contribution in [3.63, 3.8) is 0 Å². The van der Waals surface area contributed by atoms with E-state index in [2.05, 4.69) is 377 Å². The van der Waals surface area contributed by atoms with Crippen molar-refractivity contribution in [2.24, 2.45) is 0 Å². The second kappa shape index (κ2) is 24.8. The van der Waals surface area contributed by atoms with Gasteiger partial charge in [0.05, 0.1) is 39.0 Å². The van der Waals surface area contributed by atoms with Crippen LogP contribution in [-0.4, -0.2) is 19.1 Å². The molecular formula is C92H64N6. The molecule has 14 aromatic carbocycles. The first-order valence-corrected chi connectivity index (χ1v) is 33.6. The minimum atomic E-state index is 0.224. The van der Waals surface area contributed by atoms with E-state index in [9.17, 15) is 0 Å². The molecule has 3 heterocycles. The van der Waals surface area contributed by atoms with Crippen LogP contribution < -0.4 is 9.80 Å². The Kier molecular flexibility index (Phi) is 14.6. The Morgan fingerprint density at radius 1 is 0.276 bits per heavy atom. The van der Waals surface area contributed by atoms with Crippen LogP contribution in [0.5, 0.6) is 0 Å². The van der Waals surface area contributed by atoms with Crippen molar-refractivity contribution < 1.29 is 0 Å². The smallest absolute Gasteiger partial charge is 0.0973 e. The third kappa shape index (κ3) is 10.6. The maximum Gasteiger partial charge on any atom is 0.0973 e. The Labute approximate surface area is 569 Å². The van der Waals surface area contributed by atoms with Gasteiger partial charge in [-0.1, -0.05) is 231 Å². The molecule has 1 unspecified atom stereocenters. The summed E-state index contributed by atoms with van der Waals surface area (Å²) < 4.78 is 4.83. The summed E-state index contributed by atoms with van der Waals surface area (Å²) >= 11 is 0. The van der Waals surface area contributed by atoms with Gasteiger partial charge in [0.2, 0.25) is 0 Å². The van der Waals surface area contributed by atoms with Crippen molar-refractivity contribution in [3.05, 3.63) is 381 Å². The summed E-state index contributed by atoms with van der Waals surface area (Å²) in [7, 11) is 0. The van der Waals surface area contributed by atoms with Crippen LogP contribution in [0, 0.1) is 0 Å². The first-order chi connectivity index (χ1) is 48.6. The van der Waals surface area contributed by atoms with Crippen molar-refractivity contribution in [1.29, 1.82) is 0 Å². The molecule has 0 N–H and O–H groups in total. The predicted octanol–water partition coefficient (Wildman–Crippen LogP) is 24.3. The minimum absolute atomic E-state index is 0.224. The Morgan fingerprint density at radius 3 is 1.12 bits per heavy atom. The molecule has 1 aliphatic rings. The Hall–Kier alpha value is -12.9. The largest absolute Gasteiger partial charge is 0.310 e. The molecule has 0 radical (unpaired) electrons. The van der Waals surface area contributed by atoms with Gasteiger partial charge in [-0.25, -0.2) is 9.97 Å². The molecule has 17 aromatic rings. The highest BCUT2D eigenvalue weighted by Crippen LogP contribution is 2.46. The van der Waals surface area contributed by atoms with Crippen LogP contribution >= 0.6 is 0 Å². The van der Waals surface area contributed by atoms with Crippen LogP contribution in [0.1, 0.15) is 22.7 Å². The second-order valence-electron chi connectivity index (χ2n) is 25.3. The van der Waals surface area contributed by atoms with Gasteiger partial charge in [0.1, 0.15) is 0 Å². The van der Waals surface area contributed by atoms with E-state index in [1.807, 2.05) is 12.1 Å². The van der Waals surface area contributed by atoms with E-state index in [0.29, 0.717) is 0 Å². The topological polar surface area (TPSA) is 42.1 Å². The zero-order chi connectivity index (χ0) is 64.9. The highest BCUT2D eigenvalue weighted by molar-refractivity contribution is 6.12. The number of anilines is 6. The molecule has 0 saturated heterocycles. The fourth-order valence-corrected chi connectivity index (χ4v) is 14.7. The van der Waals surface area contributed by atoms with Gasteiger partial charge in [-0.3, -0.25) is 0 Å². The lowest BCUT2D eigenvalue weighted by molar-refractivity contribution is 0.825. The summed E-state index contributed by atoms with van der Waals surface area (Å²) in [5, 5.41) is 3.60. The van der Waals surface area contributed by atoms with Gasteiger partial charge in [-0.15, -0.1) is 0 Å². The zero-order valence-corrected chi connectivity index (χ0v) is 53.7. The molecule has 1 atom stereocenters. The summed E-state index contributed by atoms with van der Waals surface area (Å²) in [5.41, 5.74) is 28.4. The maximum atomic E-state index is 5.44. The summed E-state index contributed by atoms with van der Waals surface area (Å²) in [4.78, 5) is 15.6. The van der Waals surface area contributed by atoms with E-state index in [1.54, 1.807) is 0 Å². The number of rotatable bonds is 14. The number of allylic oxidation sites excluding steroid dienone is 1. The molecule has 0 spiro atoms. The van der Waals surface area contributed by atoms with Crippen LogP contribution in [0.4, 0.5) is 34.1 Å². The molecule has 6 heteroatoms. The number of hydrogen-bond donors (Lipinski definition) is 0. The van der Waals surface area contributed by atoms with E-state index in [-0.39, 0.29) is 5.92 Å². The van der Waals surface area contributed by atoms with Crippen molar-refractivity contribution >= 4 is 83.9 Å². The molecule has 1 aliphatic carbocycles. The molecule has 18 rings (SSSR count). The molecule has 0 fully saturated rings. The highest BCUT2D eigenvalue weighted by Gasteiger charge is 2.27. The van der Waals surface area contributed by atoms with Crippen LogP contribution in [-0.2, 0) is 6.42 Å². The normalized spacial score (nSPS) is 12.7. The number of nitrogens with zero attached hydrogens (tertiary/aromatic N) is 6. The van der Waals surface area contributed by atoms with Crippen molar-refractivity contribution in [3.8, 4) is 67.3 Å². The quantitative estimate of drug-likeness (QED) is 0.109. The number of fused-ring (bicyclic) bond motifs is 7. The Morgan fingerprint density at radius 2 is 0.622 bits per heavy atom. The number of aromatic nitrogens is 4. The van der Waals surface area contributed by atoms with Crippen LogP contribution in [0.2, 0.25) is 0 Å². The molecule has 98 heavy (non-hydrogen) atoms. The molecular weight excluding hydrogens is 1190 g/mol. The molecule has 0 aliphatic heterocycles. The van der Waals surface area contributed by atoms with Gasteiger partial charge in [0.15, 0.2) is 0 Å². The monoisotopic (exact) mass is 1250 g/mol. The van der Waals surface area contributed by atoms with E-state index in [1.165, 1.54) is 71.9 Å². The third-order valence-corrected chi connectivity index (χ3v) is 19.5. The summed E-state index contributed by atoms with van der Waals surface area (Å²) in [5.74, 6) is 0.224. The molecule has 3 aromatic heterocycles. The molecule has 0 bridgehead atoms. The fraction of sp³-hybridized carbons (Fsp3) is 0.0217. The van der Waals surface area contributed by atoms with Crippen LogP contribution in [0.15, 0.2) is 364 Å². The van der Waals surface area contributed by atoms with Crippen LogP contribution in [0.25, 0.3) is 117 Å². The average Bonchev–Trinajstić information content (AvgIpc) is 1.57. The first kappa shape index (κ1) is 57.7. The lowest BCUT2D eigenvalue weighted by Gasteiger charge is -2.26. The zero-order valence-electron chi connectivity index (χ0n) is 53.7. The standard InChI is InChI=1S/C92H64N6/c1-7-21-63(22-8-1)65-35-39-67(40-36-65)71-47-55-87-81(59-71)83-61-79(53-57-89(83)97(87)75-29-15-5-16-30-75)95(73-25-11-3-12-26-73)77-49-43-69(44-50-77)91-92(94-86-34-20-19-33-85(86)93-91)70-45-51-78(52-46-70)96(74-27-13-4-14-28-74)80-54-58-90-84(62-80)82-60-72(48-56-88(82)98(90)76-31-17-6-18-32-76)68-41-37-66(38-42-68)64-23-9-2-10-24-64/h1-59,61-62,72H,60H2. The van der Waals surface area contributed by atoms with E-state index in [4.69, 9.17) is 9.97 Å². The Balaban J connectivity index is 0.703. The third-order valence-electron chi connectivity index (χ3n) is 19.5. The maximum absolute atomic E-state index is 5.44. The van der Waals surface area contributed by atoms with Gasteiger partial charge in [0.25, 0.3) is 0 Å². The number of hydrogen-bond acceptors (Lipinski definition) is 4. The van der Waals surface area contributed by atoms with Gasteiger partial charge in [-0.2, -0.15) is 0 Å². The highest BCUT2D eigenvalue weighted by atomic mass is 15.1. The van der Waals surface area contributed by atoms with Crippen LogP contribution in [0.3, 0.4) is 0 Å². The summed E-state index contributed by atoms with van der Waals surface area (Å²) in [6, 6.07) is 129. The van der Waals surface area contributed by atoms with Crippen molar-refractivity contribution in [2.75, 3.05) is 9.80 Å². The van der Waals surface area contributed by atoms with Gasteiger partial charge >= 0.3 is 0 Å². The first-order valence-electron chi connectivity index (χ1n) is 33.6. The van der Waals surface area contributed by atoms with E-state index in [0.717, 1.165) is 96.5 Å². The Bertz CT molecular complexity index is 5770. The summed E-state index contributed by atoms with van der Waals surface area (Å²) in [6.45, 7) is 0. The minimum Gasteiger partial charge on any atom is -0.310 e. The van der Waals surface area contributed by atoms with Crippen molar-refractivity contribution in [2.45, 2.75) is 12.3 Å². The lowest BCUT2D eigenvalue weighted by Crippen LogP contribution is -2.10. The number of benzene rings is 14. The summed E-state index contributed by atoms with van der Waals surface area (Å²) in [6.07, 6.45) is 5.63. The molecule has 462 valence electrons. The van der Waals surface area contributed by atoms with E-state index >= 15 is 0 Å². The van der Waals surface area contributed by atoms with Gasteiger partial charge in [-0.05, 0) is 190 Å². The van der Waals surface area contributed by atoms with Crippen molar-refractivity contribution in [1.82, 2.24) is 19.1 Å². The number of para-hydroxylation sites is 6. The average molecular weight is 1250 g/mol. The molecule has 6 nitrogen and oxygen atoms in total. The van der Waals surface area contributed by atoms with Gasteiger partial charge in [0, 0.05) is 84.4 Å². The fourth-order valence-electron chi connectivity index (χ4n) is 14.7. The lowest BCUT2D eigenvalue weighted by atomic mass is 9.86. The second-order valence-corrected chi connectivity index (χ2v) is 25.3. The SMILES string of the molecule is C1=CC(c2ccc(-c3ccccc3)cc2)Cc2c1n(-c1ccccc1)c1ccc(N(c3ccccc3)c3ccc(-c4nc5ccccc5nc4-c4ccc(N(c5ccccc5)c5ccc6c(c5)c5cc(-c7ccc(-c8ccccc8)cc7)ccc5n6-c5ccccc5)cc4)cc3)cc21. The molecule has 0 saturated carbocycles.